The smallest absolute Gasteiger partial charge is 0.323 e. The number of carbonyl (C=O) groups excluding carboxylic acids is 1. The number of halogens is 5. The van der Waals surface area contributed by atoms with Gasteiger partial charge in [-0.15, -0.1) is 0 Å². The zero-order valence-corrected chi connectivity index (χ0v) is 19.0. The molecule has 0 bridgehead atoms. The van der Waals surface area contributed by atoms with Crippen molar-refractivity contribution in [3.8, 4) is 0 Å². The lowest BCUT2D eigenvalue weighted by molar-refractivity contribution is -0.142. The van der Waals surface area contributed by atoms with Crippen LogP contribution in [0.25, 0.3) is 0 Å². The van der Waals surface area contributed by atoms with E-state index in [-0.39, 0.29) is 10.2 Å². The average Bonchev–Trinajstić information content (AvgIpc) is 2.99. The monoisotopic (exact) mass is 517 g/mol. The molecule has 3 aromatic rings. The van der Waals surface area contributed by atoms with E-state index in [2.05, 4.69) is 26.3 Å². The summed E-state index contributed by atoms with van der Waals surface area (Å²) < 4.78 is 40.3. The van der Waals surface area contributed by atoms with Gasteiger partial charge in [0.15, 0.2) is 5.69 Å². The number of benzene rings is 2. The van der Waals surface area contributed by atoms with Crippen molar-refractivity contribution in [1.82, 2.24) is 9.78 Å². The molecular weight excluding hydrogens is 503 g/mol. The fourth-order valence-corrected chi connectivity index (χ4v) is 4.21. The predicted molar refractivity (Wildman–Crippen MR) is 115 cm³/mol. The molecule has 158 valence electrons. The van der Waals surface area contributed by atoms with Crippen LogP contribution in [-0.4, -0.2) is 15.7 Å². The van der Waals surface area contributed by atoms with Crippen LogP contribution < -0.4 is 5.32 Å². The van der Waals surface area contributed by atoms with Crippen molar-refractivity contribution in [2.24, 2.45) is 0 Å². The molecule has 0 spiro atoms. The number of para-hydroxylation sites is 1. The highest BCUT2D eigenvalue weighted by Crippen LogP contribution is 2.37. The first kappa shape index (κ1) is 22.7. The Labute approximate surface area is 188 Å². The van der Waals surface area contributed by atoms with Crippen LogP contribution in [0.3, 0.4) is 0 Å². The molecule has 1 aromatic heterocycles. The number of anilines is 1. The number of aromatic nitrogens is 2. The Kier molecular flexibility index (Phi) is 6.84. The average molecular weight is 519 g/mol. The van der Waals surface area contributed by atoms with Gasteiger partial charge in [0.25, 0.3) is 0 Å². The second-order valence-corrected chi connectivity index (χ2v) is 8.75. The summed E-state index contributed by atoms with van der Waals surface area (Å²) in [5, 5.41) is 7.02. The fraction of sp³-hybridized carbons (Fsp3) is 0.200. The second kappa shape index (κ2) is 9.03. The van der Waals surface area contributed by atoms with Gasteiger partial charge < -0.3 is 5.32 Å². The minimum Gasteiger partial charge on any atom is -0.323 e. The molecule has 0 aliphatic carbocycles. The van der Waals surface area contributed by atoms with Crippen molar-refractivity contribution in [1.29, 1.82) is 0 Å². The highest BCUT2D eigenvalue weighted by molar-refractivity contribution is 9.10. The fourth-order valence-electron chi connectivity index (χ4n) is 2.69. The number of hydrogen-bond acceptors (Lipinski definition) is 3. The van der Waals surface area contributed by atoms with Crippen LogP contribution in [0.15, 0.2) is 62.8 Å². The maximum absolute atomic E-state index is 13.1. The molecule has 10 heteroatoms. The van der Waals surface area contributed by atoms with Gasteiger partial charge in [-0.1, -0.05) is 35.5 Å². The zero-order valence-electron chi connectivity index (χ0n) is 15.8. The van der Waals surface area contributed by atoms with Crippen LogP contribution >= 0.6 is 39.3 Å². The molecule has 0 fully saturated rings. The third-order valence-electron chi connectivity index (χ3n) is 4.28. The number of alkyl halides is 3. The predicted octanol–water partition coefficient (Wildman–Crippen LogP) is 6.98. The van der Waals surface area contributed by atoms with Crippen molar-refractivity contribution < 1.29 is 18.0 Å². The molecule has 0 aliphatic heterocycles. The minimum atomic E-state index is -4.62. The van der Waals surface area contributed by atoms with Gasteiger partial charge in [-0.05, 0) is 66.2 Å². The third-order valence-corrected chi connectivity index (χ3v) is 6.56. The van der Waals surface area contributed by atoms with Gasteiger partial charge in [0, 0.05) is 14.8 Å². The first-order chi connectivity index (χ1) is 14.1. The van der Waals surface area contributed by atoms with Gasteiger partial charge in [-0.2, -0.15) is 18.3 Å². The lowest BCUT2D eigenvalue weighted by Crippen LogP contribution is -2.25. The number of nitrogens with one attached hydrogen (secondary N) is 1. The van der Waals surface area contributed by atoms with E-state index in [1.165, 1.54) is 25.6 Å². The van der Waals surface area contributed by atoms with Crippen LogP contribution in [0.1, 0.15) is 24.4 Å². The molecule has 0 saturated heterocycles. The molecule has 1 N–H and O–H groups in total. The van der Waals surface area contributed by atoms with E-state index in [1.807, 2.05) is 24.3 Å². The molecule has 0 radical (unpaired) electrons. The van der Waals surface area contributed by atoms with Gasteiger partial charge in [0.2, 0.25) is 5.91 Å². The number of rotatable bonds is 5. The third kappa shape index (κ3) is 5.01. The molecule has 30 heavy (non-hydrogen) atoms. The van der Waals surface area contributed by atoms with Gasteiger partial charge in [0.1, 0.15) is 6.04 Å². The minimum absolute atomic E-state index is 0.173. The highest BCUT2D eigenvalue weighted by atomic mass is 79.9. The van der Waals surface area contributed by atoms with Gasteiger partial charge in [-0.3, -0.25) is 9.48 Å². The molecule has 2 aromatic carbocycles. The summed E-state index contributed by atoms with van der Waals surface area (Å²) in [5.74, 6) is -0.481. The Balaban J connectivity index is 1.82. The molecule has 0 saturated carbocycles. The quantitative estimate of drug-likeness (QED) is 0.396. The molecule has 1 unspecified atom stereocenters. The van der Waals surface area contributed by atoms with Crippen LogP contribution in [-0.2, 0) is 11.0 Å². The van der Waals surface area contributed by atoms with E-state index in [1.54, 1.807) is 24.3 Å². The van der Waals surface area contributed by atoms with Crippen molar-refractivity contribution in [2.45, 2.75) is 35.9 Å². The lowest BCUT2D eigenvalue weighted by atomic mass is 10.2. The highest BCUT2D eigenvalue weighted by Gasteiger charge is 2.39. The van der Waals surface area contributed by atoms with E-state index in [0.29, 0.717) is 10.7 Å². The molecule has 1 amide bonds. The normalized spacial score (nSPS) is 12.6. The molecule has 1 heterocycles. The van der Waals surface area contributed by atoms with E-state index in [0.717, 1.165) is 14.5 Å². The Morgan fingerprint density at radius 2 is 1.83 bits per heavy atom. The van der Waals surface area contributed by atoms with Crippen molar-refractivity contribution >= 4 is 50.9 Å². The summed E-state index contributed by atoms with van der Waals surface area (Å²) in [7, 11) is 0. The SMILES string of the molecule is Cc1c(Br)c(C(F)(F)F)nn1C(C)C(=O)Nc1ccccc1Sc1ccc(Cl)cc1. The number of hydrogen-bond donors (Lipinski definition) is 1. The van der Waals surface area contributed by atoms with E-state index >= 15 is 0 Å². The van der Waals surface area contributed by atoms with Gasteiger partial charge in [-0.25, -0.2) is 0 Å². The first-order valence-electron chi connectivity index (χ1n) is 8.73. The Morgan fingerprint density at radius 3 is 2.43 bits per heavy atom. The van der Waals surface area contributed by atoms with Crippen molar-refractivity contribution in [3.05, 3.63) is 69.4 Å². The standard InChI is InChI=1S/C20H16BrClF3N3OS/c1-11-17(21)18(20(23,24)25)27-28(11)12(2)19(29)26-15-5-3-4-6-16(15)30-14-9-7-13(22)8-10-14/h3-10,12H,1-2H3,(H,26,29). The largest absolute Gasteiger partial charge is 0.436 e. The summed E-state index contributed by atoms with van der Waals surface area (Å²) in [6.07, 6.45) is -4.62. The topological polar surface area (TPSA) is 46.9 Å². The summed E-state index contributed by atoms with van der Waals surface area (Å²) in [4.78, 5) is 14.5. The zero-order chi connectivity index (χ0) is 22.1. The van der Waals surface area contributed by atoms with E-state index in [9.17, 15) is 18.0 Å². The Morgan fingerprint density at radius 1 is 1.20 bits per heavy atom. The molecule has 4 nitrogen and oxygen atoms in total. The maximum atomic E-state index is 13.1. The van der Waals surface area contributed by atoms with Crippen molar-refractivity contribution in [2.75, 3.05) is 5.32 Å². The number of nitrogens with zero attached hydrogens (tertiary/aromatic N) is 2. The van der Waals surface area contributed by atoms with Crippen LogP contribution in [0, 0.1) is 6.92 Å². The van der Waals surface area contributed by atoms with Crippen LogP contribution in [0.4, 0.5) is 18.9 Å². The van der Waals surface area contributed by atoms with Crippen molar-refractivity contribution in [3.63, 3.8) is 0 Å². The summed E-state index contributed by atoms with van der Waals surface area (Å²) >= 11 is 10.3. The Hall–Kier alpha value is -1.97. The molecule has 1 atom stereocenters. The number of carbonyl (C=O) groups is 1. The molecular formula is C20H16BrClF3N3OS. The Bertz CT molecular complexity index is 1070. The summed E-state index contributed by atoms with van der Waals surface area (Å²) in [6.45, 7) is 2.97. The molecule has 0 aliphatic rings. The van der Waals surface area contributed by atoms with E-state index in [4.69, 9.17) is 11.6 Å². The van der Waals surface area contributed by atoms with Crippen LogP contribution in [0.5, 0.6) is 0 Å². The summed E-state index contributed by atoms with van der Waals surface area (Å²) in [5.41, 5.74) is -0.290. The first-order valence-corrected chi connectivity index (χ1v) is 10.7. The maximum Gasteiger partial charge on any atom is 0.436 e. The second-order valence-electron chi connectivity index (χ2n) is 6.41. The van der Waals surface area contributed by atoms with E-state index < -0.39 is 23.8 Å². The van der Waals surface area contributed by atoms with Gasteiger partial charge >= 0.3 is 6.18 Å². The van der Waals surface area contributed by atoms with Gasteiger partial charge in [0.05, 0.1) is 15.9 Å². The summed E-state index contributed by atoms with van der Waals surface area (Å²) in [6, 6.07) is 13.5. The molecule has 3 rings (SSSR count). The number of amides is 1. The lowest BCUT2D eigenvalue weighted by Gasteiger charge is -2.16. The van der Waals surface area contributed by atoms with Crippen LogP contribution in [0.2, 0.25) is 5.02 Å².